The van der Waals surface area contributed by atoms with Crippen molar-refractivity contribution in [2.24, 2.45) is 0 Å². The van der Waals surface area contributed by atoms with E-state index in [2.05, 4.69) is 52.6 Å². The first-order chi connectivity index (χ1) is 20.8. The number of rotatable bonds is 13. The first-order valence-corrected chi connectivity index (χ1v) is 16.2. The summed E-state index contributed by atoms with van der Waals surface area (Å²) in [7, 11) is 6.46. The number of thioether (sulfide) groups is 1. The Kier molecular flexibility index (Phi) is 11.8. The molecular formula is C33H43N3O5S2. The van der Waals surface area contributed by atoms with Crippen LogP contribution in [-0.2, 0) is 6.54 Å². The molecule has 1 aliphatic rings. The summed E-state index contributed by atoms with van der Waals surface area (Å²) in [5.74, 6) is 2.42. The minimum Gasteiger partial charge on any atom is -0.502 e. The summed E-state index contributed by atoms with van der Waals surface area (Å²) in [6, 6.07) is 7.78. The Labute approximate surface area is 263 Å². The number of methoxy groups -OCH3 is 4. The Morgan fingerprint density at radius 3 is 2.07 bits per heavy atom. The number of nitrogens with zero attached hydrogens (tertiary/aromatic N) is 3. The smallest absolute Gasteiger partial charge is 0.200 e. The number of aromatic hydroxyl groups is 1. The molecule has 0 atom stereocenters. The average molecular weight is 626 g/mol. The molecule has 2 heterocycles. The van der Waals surface area contributed by atoms with Gasteiger partial charge in [-0.2, -0.15) is 0 Å². The van der Waals surface area contributed by atoms with Gasteiger partial charge in [0.2, 0.25) is 5.75 Å². The first-order valence-electron chi connectivity index (χ1n) is 14.4. The van der Waals surface area contributed by atoms with E-state index in [4.69, 9.17) is 23.9 Å². The fraction of sp³-hybridized carbons (Fsp3) is 0.424. The zero-order valence-electron chi connectivity index (χ0n) is 26.2. The maximum absolute atomic E-state index is 10.2. The zero-order chi connectivity index (χ0) is 30.9. The first kappa shape index (κ1) is 32.7. The van der Waals surface area contributed by atoms with Crippen LogP contribution in [0.4, 0.5) is 0 Å². The lowest BCUT2D eigenvalue weighted by Gasteiger charge is -2.34. The van der Waals surface area contributed by atoms with Crippen molar-refractivity contribution in [1.82, 2.24) is 14.8 Å². The van der Waals surface area contributed by atoms with Crippen molar-refractivity contribution in [3.8, 4) is 39.3 Å². The number of thiazole rings is 1. The van der Waals surface area contributed by atoms with Crippen LogP contribution in [0.5, 0.6) is 28.7 Å². The van der Waals surface area contributed by atoms with E-state index >= 15 is 0 Å². The van der Waals surface area contributed by atoms with Crippen molar-refractivity contribution in [1.29, 1.82) is 0 Å². The molecule has 3 aromatic rings. The number of benzene rings is 2. The van der Waals surface area contributed by atoms with E-state index < -0.39 is 0 Å². The van der Waals surface area contributed by atoms with Crippen molar-refractivity contribution in [3.05, 3.63) is 63.5 Å². The van der Waals surface area contributed by atoms with Crippen molar-refractivity contribution in [2.75, 3.05) is 61.2 Å². The van der Waals surface area contributed by atoms with E-state index in [0.29, 0.717) is 11.5 Å². The van der Waals surface area contributed by atoms with Crippen LogP contribution in [0.15, 0.2) is 46.7 Å². The molecule has 8 nitrogen and oxygen atoms in total. The maximum Gasteiger partial charge on any atom is 0.200 e. The van der Waals surface area contributed by atoms with Crippen LogP contribution >= 0.6 is 23.1 Å². The summed E-state index contributed by atoms with van der Waals surface area (Å²) < 4.78 is 21.8. The normalized spacial score (nSPS) is 15.0. The summed E-state index contributed by atoms with van der Waals surface area (Å²) >= 11 is 3.35. The second-order valence-corrected chi connectivity index (χ2v) is 12.3. The van der Waals surface area contributed by atoms with Gasteiger partial charge in [0.1, 0.15) is 16.5 Å². The fourth-order valence-electron chi connectivity index (χ4n) is 5.07. The molecule has 2 aromatic carbocycles. The number of phenolic OH excluding ortho intramolecular Hbond substituents is 1. The Morgan fingerprint density at radius 2 is 1.51 bits per heavy atom. The third-order valence-electron chi connectivity index (χ3n) is 7.42. The topological polar surface area (TPSA) is 76.5 Å². The van der Waals surface area contributed by atoms with Gasteiger partial charge in [-0.05, 0) is 55.5 Å². The van der Waals surface area contributed by atoms with Gasteiger partial charge >= 0.3 is 0 Å². The Morgan fingerprint density at radius 1 is 0.930 bits per heavy atom. The molecule has 0 unspecified atom stereocenters. The molecule has 1 aliphatic heterocycles. The predicted molar refractivity (Wildman–Crippen MR) is 178 cm³/mol. The summed E-state index contributed by atoms with van der Waals surface area (Å²) in [5, 5.41) is 15.5. The second kappa shape index (κ2) is 15.5. The van der Waals surface area contributed by atoms with Crippen molar-refractivity contribution >= 4 is 28.0 Å². The van der Waals surface area contributed by atoms with Gasteiger partial charge in [0, 0.05) is 60.7 Å². The number of piperazine rings is 1. The Bertz CT molecular complexity index is 1390. The molecule has 1 aromatic heterocycles. The fourth-order valence-corrected chi connectivity index (χ4v) is 6.78. The largest absolute Gasteiger partial charge is 0.502 e. The highest BCUT2D eigenvalue weighted by Crippen LogP contribution is 2.41. The van der Waals surface area contributed by atoms with Gasteiger partial charge in [0.25, 0.3) is 0 Å². The van der Waals surface area contributed by atoms with Crippen molar-refractivity contribution < 1.29 is 24.1 Å². The van der Waals surface area contributed by atoms with Crippen LogP contribution in [0.25, 0.3) is 15.5 Å². The van der Waals surface area contributed by atoms with Crippen LogP contribution in [-0.4, -0.2) is 81.1 Å². The highest BCUT2D eigenvalue weighted by molar-refractivity contribution is 8.10. The Hall–Kier alpha value is -3.18. The highest BCUT2D eigenvalue weighted by Gasteiger charge is 2.20. The second-order valence-electron chi connectivity index (χ2n) is 10.5. The summed E-state index contributed by atoms with van der Waals surface area (Å²) in [6.45, 7) is 12.2. The van der Waals surface area contributed by atoms with E-state index in [-0.39, 0.29) is 5.75 Å². The average Bonchev–Trinajstić information content (AvgIpc) is 3.49. The number of aromatic nitrogens is 1. The molecular weight excluding hydrogens is 583 g/mol. The van der Waals surface area contributed by atoms with Crippen LogP contribution in [0.1, 0.15) is 37.1 Å². The SMILES string of the molecule is CC/C=C(\S/C=C(\C)CN1CCN(Cc2csc(-c3cc(OC)c(O)c(OC)c3)n2)CC1)c1cc(OC)c(C)c(OC)c1. The minimum atomic E-state index is -0.00228. The molecule has 1 N–H and O–H groups in total. The molecule has 1 saturated heterocycles. The van der Waals surface area contributed by atoms with E-state index in [1.807, 2.05) is 6.92 Å². The van der Waals surface area contributed by atoms with Crippen LogP contribution in [0, 0.1) is 6.92 Å². The number of ether oxygens (including phenoxy) is 4. The lowest BCUT2D eigenvalue weighted by molar-refractivity contribution is 0.134. The number of hydrogen-bond donors (Lipinski definition) is 1. The molecule has 43 heavy (non-hydrogen) atoms. The Balaban J connectivity index is 1.32. The van der Waals surface area contributed by atoms with Gasteiger partial charge in [-0.1, -0.05) is 30.3 Å². The quantitative estimate of drug-likeness (QED) is 0.215. The van der Waals surface area contributed by atoms with Gasteiger partial charge in [0.15, 0.2) is 11.5 Å². The molecule has 0 spiro atoms. The van der Waals surface area contributed by atoms with Gasteiger partial charge in [-0.25, -0.2) is 4.98 Å². The third kappa shape index (κ3) is 8.26. The van der Waals surface area contributed by atoms with Gasteiger partial charge in [0.05, 0.1) is 34.1 Å². The summed E-state index contributed by atoms with van der Waals surface area (Å²) in [4.78, 5) is 11.1. The molecule has 0 amide bonds. The summed E-state index contributed by atoms with van der Waals surface area (Å²) in [6.07, 6.45) is 3.21. The van der Waals surface area contributed by atoms with Crippen LogP contribution in [0.2, 0.25) is 0 Å². The van der Waals surface area contributed by atoms with E-state index in [1.54, 1.807) is 49.5 Å². The monoisotopic (exact) mass is 625 g/mol. The molecule has 0 bridgehead atoms. The van der Waals surface area contributed by atoms with Crippen molar-refractivity contribution in [3.63, 3.8) is 0 Å². The summed E-state index contributed by atoms with van der Waals surface area (Å²) in [5.41, 5.74) is 5.37. The van der Waals surface area contributed by atoms with Gasteiger partial charge in [-0.3, -0.25) is 9.80 Å². The minimum absolute atomic E-state index is 0.00228. The molecule has 0 saturated carbocycles. The van der Waals surface area contributed by atoms with Gasteiger partial charge < -0.3 is 24.1 Å². The maximum atomic E-state index is 10.2. The molecule has 232 valence electrons. The van der Waals surface area contributed by atoms with Crippen LogP contribution in [0.3, 0.4) is 0 Å². The molecule has 0 radical (unpaired) electrons. The van der Waals surface area contributed by atoms with E-state index in [1.165, 1.54) is 24.7 Å². The molecule has 0 aliphatic carbocycles. The molecule has 10 heteroatoms. The molecule has 1 fully saturated rings. The zero-order valence-corrected chi connectivity index (χ0v) is 27.9. The lowest BCUT2D eigenvalue weighted by Crippen LogP contribution is -2.46. The highest BCUT2D eigenvalue weighted by atomic mass is 32.2. The van der Waals surface area contributed by atoms with Crippen LogP contribution < -0.4 is 18.9 Å². The molecule has 4 rings (SSSR count). The van der Waals surface area contributed by atoms with E-state index in [0.717, 1.165) is 84.6 Å². The number of hydrogen-bond acceptors (Lipinski definition) is 10. The number of phenols is 1. The number of allylic oxidation sites excluding steroid dienone is 1. The predicted octanol–water partition coefficient (Wildman–Crippen LogP) is 7.06. The van der Waals surface area contributed by atoms with Crippen molar-refractivity contribution in [2.45, 2.75) is 33.7 Å². The van der Waals surface area contributed by atoms with Gasteiger partial charge in [-0.15, -0.1) is 11.3 Å². The standard InChI is InChI=1S/C33H43N3O5S2/c1-8-9-31(24-14-27(38-4)23(3)28(15-24)39-5)42-20-22(2)18-35-10-12-36(13-11-35)19-26-21-43-33(34-26)25-16-29(40-6)32(37)30(17-25)41-7/h9,14-17,20-21,37H,8,10-13,18-19H2,1-7H3/b22-20+,31-9-. The lowest BCUT2D eigenvalue weighted by atomic mass is 10.1. The van der Waals surface area contributed by atoms with E-state index in [9.17, 15) is 5.11 Å². The third-order valence-corrected chi connectivity index (χ3v) is 9.53.